The Morgan fingerprint density at radius 1 is 0.929 bits per heavy atom. The number of nitrogens with zero attached hydrogens (tertiary/aromatic N) is 2. The number of hydrogen-bond acceptors (Lipinski definition) is 4. The summed E-state index contributed by atoms with van der Waals surface area (Å²) in [7, 11) is 0. The normalized spacial score (nSPS) is 20.6. The van der Waals surface area contributed by atoms with Gasteiger partial charge >= 0.3 is 0 Å². The summed E-state index contributed by atoms with van der Waals surface area (Å²) in [6, 6.07) is 26.6. The number of carbonyl (C=O) groups excluding carboxylic acids is 1. The number of benzene rings is 3. The number of anilines is 1. The van der Waals surface area contributed by atoms with Crippen LogP contribution in [0.4, 0.5) is 11.4 Å². The number of para-hydroxylation sites is 1. The van der Waals surface area contributed by atoms with Crippen LogP contribution in [0.25, 0.3) is 0 Å². The lowest BCUT2D eigenvalue weighted by molar-refractivity contribution is -0.128. The predicted octanol–water partition coefficient (Wildman–Crippen LogP) is 5.85. The molecule has 1 unspecified atom stereocenters. The van der Waals surface area contributed by atoms with Crippen molar-refractivity contribution in [2.45, 2.75) is 11.7 Å². The van der Waals surface area contributed by atoms with E-state index in [1.54, 1.807) is 12.1 Å². The van der Waals surface area contributed by atoms with Crippen molar-refractivity contribution in [1.29, 1.82) is 0 Å². The zero-order valence-electron chi connectivity index (χ0n) is 15.2. The quantitative estimate of drug-likeness (QED) is 0.590. The highest BCUT2D eigenvalue weighted by atomic mass is 35.5. The molecule has 1 heterocycles. The van der Waals surface area contributed by atoms with Gasteiger partial charge in [-0.1, -0.05) is 71.9 Å². The first-order chi connectivity index (χ1) is 13.6. The first-order valence-electron chi connectivity index (χ1n) is 8.81. The van der Waals surface area contributed by atoms with Crippen LogP contribution in [0.5, 0.6) is 0 Å². The van der Waals surface area contributed by atoms with Crippen molar-refractivity contribution in [2.75, 3.05) is 5.43 Å². The van der Waals surface area contributed by atoms with Crippen LogP contribution in [0.1, 0.15) is 12.5 Å². The minimum absolute atomic E-state index is 0.0692. The molecule has 0 aromatic heterocycles. The van der Waals surface area contributed by atoms with E-state index in [1.165, 1.54) is 16.8 Å². The lowest BCUT2D eigenvalue weighted by Gasteiger charge is -2.22. The maximum Gasteiger partial charge on any atom is 0.268 e. The average molecular weight is 408 g/mol. The fourth-order valence-electron chi connectivity index (χ4n) is 2.95. The van der Waals surface area contributed by atoms with Gasteiger partial charge in [-0.3, -0.25) is 10.2 Å². The molecule has 1 atom stereocenters. The Kier molecular flexibility index (Phi) is 5.11. The number of carbonyl (C=O) groups is 1. The molecule has 0 spiro atoms. The lowest BCUT2D eigenvalue weighted by Crippen LogP contribution is -2.40. The van der Waals surface area contributed by atoms with Crippen LogP contribution in [-0.4, -0.2) is 16.1 Å². The van der Waals surface area contributed by atoms with E-state index in [4.69, 9.17) is 16.6 Å². The fourth-order valence-corrected chi connectivity index (χ4v) is 4.24. The molecular formula is C22H18ClN3OS. The van der Waals surface area contributed by atoms with Crippen LogP contribution in [-0.2, 0) is 9.54 Å². The molecule has 1 N–H and O–H groups in total. The summed E-state index contributed by atoms with van der Waals surface area (Å²) in [6.45, 7) is 1.93. The maximum absolute atomic E-state index is 13.4. The number of nitrogens with one attached hydrogen (secondary N) is 1. The molecule has 3 aromatic carbocycles. The predicted molar refractivity (Wildman–Crippen MR) is 117 cm³/mol. The summed E-state index contributed by atoms with van der Waals surface area (Å²) in [5.74, 6) is -0.0692. The Hall–Kier alpha value is -2.76. The van der Waals surface area contributed by atoms with Crippen molar-refractivity contribution in [2.24, 2.45) is 4.99 Å². The molecule has 4 nitrogen and oxygen atoms in total. The molecule has 0 bridgehead atoms. The minimum Gasteiger partial charge on any atom is -0.289 e. The van der Waals surface area contributed by atoms with Gasteiger partial charge in [0.1, 0.15) is 4.75 Å². The van der Waals surface area contributed by atoms with Crippen LogP contribution >= 0.6 is 23.4 Å². The van der Waals surface area contributed by atoms with E-state index < -0.39 is 4.75 Å². The van der Waals surface area contributed by atoms with Crippen molar-refractivity contribution in [3.05, 3.63) is 95.5 Å². The molecule has 1 saturated heterocycles. The second-order valence-corrected chi connectivity index (χ2v) is 8.31. The minimum atomic E-state index is -0.770. The number of hydrogen-bond donors (Lipinski definition) is 1. The van der Waals surface area contributed by atoms with Crippen molar-refractivity contribution >= 4 is 45.8 Å². The zero-order chi connectivity index (χ0) is 19.6. The van der Waals surface area contributed by atoms with Crippen LogP contribution < -0.4 is 5.43 Å². The zero-order valence-corrected chi connectivity index (χ0v) is 16.7. The third kappa shape index (κ3) is 3.63. The van der Waals surface area contributed by atoms with Gasteiger partial charge in [-0.25, -0.2) is 4.99 Å². The van der Waals surface area contributed by atoms with E-state index in [1.807, 2.05) is 79.7 Å². The number of aliphatic imine (C=N–C) groups is 1. The molecule has 6 heteroatoms. The summed E-state index contributed by atoms with van der Waals surface area (Å²) in [6.07, 6.45) is 0. The van der Waals surface area contributed by atoms with Gasteiger partial charge in [0.2, 0.25) is 0 Å². The maximum atomic E-state index is 13.4. The Morgan fingerprint density at radius 3 is 2.18 bits per heavy atom. The molecule has 28 heavy (non-hydrogen) atoms. The molecule has 0 radical (unpaired) electrons. The average Bonchev–Trinajstić information content (AvgIpc) is 2.96. The van der Waals surface area contributed by atoms with Gasteiger partial charge < -0.3 is 0 Å². The standard InChI is InChI=1S/C22H18ClN3OS/c1-22(16-8-4-2-5-9-16)20(27)26(25-19-10-6-3-7-11-19)21(28-22)24-18-14-12-17(23)13-15-18/h2-15,25H,1H3/b24-21+. The molecule has 1 aliphatic rings. The Labute approximate surface area is 173 Å². The number of hydrazine groups is 1. The fraction of sp³-hybridized carbons (Fsp3) is 0.0909. The second-order valence-electron chi connectivity index (χ2n) is 6.49. The van der Waals surface area contributed by atoms with E-state index in [0.29, 0.717) is 10.2 Å². The van der Waals surface area contributed by atoms with Crippen LogP contribution in [0, 0.1) is 0 Å². The number of rotatable bonds is 4. The smallest absolute Gasteiger partial charge is 0.268 e. The van der Waals surface area contributed by atoms with Gasteiger partial charge in [-0.2, -0.15) is 5.01 Å². The lowest BCUT2D eigenvalue weighted by atomic mass is 9.99. The highest BCUT2D eigenvalue weighted by Gasteiger charge is 2.49. The molecule has 1 amide bonds. The molecule has 0 saturated carbocycles. The summed E-state index contributed by atoms with van der Waals surface area (Å²) in [5, 5.41) is 2.76. The SMILES string of the molecule is CC1(c2ccccc2)S/C(=N/c2ccc(Cl)cc2)N(Nc2ccccc2)C1=O. The summed E-state index contributed by atoms with van der Waals surface area (Å²) >= 11 is 7.41. The van der Waals surface area contributed by atoms with Crippen LogP contribution in [0.15, 0.2) is 89.9 Å². The highest BCUT2D eigenvalue weighted by molar-refractivity contribution is 8.15. The third-order valence-electron chi connectivity index (χ3n) is 4.49. The molecular weight excluding hydrogens is 390 g/mol. The Bertz CT molecular complexity index is 1010. The molecule has 3 aromatic rings. The first-order valence-corrected chi connectivity index (χ1v) is 10.0. The topological polar surface area (TPSA) is 44.7 Å². The van der Waals surface area contributed by atoms with Gasteiger partial charge in [0.05, 0.1) is 11.4 Å². The molecule has 4 rings (SSSR count). The monoisotopic (exact) mass is 407 g/mol. The van der Waals surface area contributed by atoms with Crippen molar-refractivity contribution in [3.8, 4) is 0 Å². The van der Waals surface area contributed by atoms with E-state index in [0.717, 1.165) is 16.9 Å². The van der Waals surface area contributed by atoms with Gasteiger partial charge in [0.15, 0.2) is 5.17 Å². The number of thioether (sulfide) groups is 1. The third-order valence-corrected chi connectivity index (χ3v) is 6.02. The van der Waals surface area contributed by atoms with E-state index in [2.05, 4.69) is 5.43 Å². The van der Waals surface area contributed by atoms with Crippen molar-refractivity contribution in [1.82, 2.24) is 5.01 Å². The van der Waals surface area contributed by atoms with Crippen LogP contribution in [0.2, 0.25) is 5.02 Å². The molecule has 1 fully saturated rings. The number of amides is 1. The van der Waals surface area contributed by atoms with Crippen LogP contribution in [0.3, 0.4) is 0 Å². The van der Waals surface area contributed by atoms with Gasteiger partial charge in [-0.05, 0) is 48.9 Å². The van der Waals surface area contributed by atoms with Crippen molar-refractivity contribution < 1.29 is 4.79 Å². The Balaban J connectivity index is 1.75. The molecule has 140 valence electrons. The summed E-state index contributed by atoms with van der Waals surface area (Å²) < 4.78 is -0.770. The largest absolute Gasteiger partial charge is 0.289 e. The van der Waals surface area contributed by atoms with Crippen molar-refractivity contribution in [3.63, 3.8) is 0 Å². The van der Waals surface area contributed by atoms with E-state index in [-0.39, 0.29) is 5.91 Å². The number of halogens is 1. The summed E-state index contributed by atoms with van der Waals surface area (Å²) in [5.41, 5.74) is 5.69. The van der Waals surface area contributed by atoms with E-state index >= 15 is 0 Å². The summed E-state index contributed by atoms with van der Waals surface area (Å²) in [4.78, 5) is 18.1. The first kappa shape index (κ1) is 18.6. The van der Waals surface area contributed by atoms with Gasteiger partial charge in [0.25, 0.3) is 5.91 Å². The molecule has 0 aliphatic carbocycles. The molecule has 1 aliphatic heterocycles. The highest BCUT2D eigenvalue weighted by Crippen LogP contribution is 2.46. The number of amidine groups is 1. The van der Waals surface area contributed by atoms with E-state index in [9.17, 15) is 4.79 Å². The second kappa shape index (κ2) is 7.70. The van der Waals surface area contributed by atoms with Gasteiger partial charge in [-0.15, -0.1) is 0 Å². The van der Waals surface area contributed by atoms with Gasteiger partial charge in [0, 0.05) is 5.02 Å². The Morgan fingerprint density at radius 2 is 1.54 bits per heavy atom.